The summed E-state index contributed by atoms with van der Waals surface area (Å²) in [6, 6.07) is 21.1. The van der Waals surface area contributed by atoms with E-state index in [9.17, 15) is 14.4 Å². The summed E-state index contributed by atoms with van der Waals surface area (Å²) in [5.41, 5.74) is 2.62. The summed E-state index contributed by atoms with van der Waals surface area (Å²) >= 11 is 0. The Morgan fingerprint density at radius 2 is 1.77 bits per heavy atom. The van der Waals surface area contributed by atoms with Crippen LogP contribution in [0.2, 0.25) is 0 Å². The Hall–Kier alpha value is -3.67. The number of ether oxygens (including phenoxy) is 1. The van der Waals surface area contributed by atoms with Gasteiger partial charge in [0.2, 0.25) is 5.91 Å². The van der Waals surface area contributed by atoms with E-state index in [-0.39, 0.29) is 18.9 Å². The molecule has 0 aliphatic carbocycles. The molecule has 0 aromatic heterocycles. The summed E-state index contributed by atoms with van der Waals surface area (Å²) in [6.45, 7) is 1.94. The predicted octanol–water partition coefficient (Wildman–Crippen LogP) is 3.94. The van der Waals surface area contributed by atoms with Gasteiger partial charge in [0.05, 0.1) is 5.92 Å². The first-order valence-corrected chi connectivity index (χ1v) is 10.4. The van der Waals surface area contributed by atoms with Crippen molar-refractivity contribution in [1.29, 1.82) is 0 Å². The topological polar surface area (TPSA) is 75.7 Å². The van der Waals surface area contributed by atoms with E-state index < -0.39 is 24.4 Å². The molecule has 0 radical (unpaired) electrons. The van der Waals surface area contributed by atoms with Crippen molar-refractivity contribution in [3.63, 3.8) is 0 Å². The molecular formula is C25H24N2O4. The lowest BCUT2D eigenvalue weighted by molar-refractivity contribution is -0.151. The van der Waals surface area contributed by atoms with E-state index in [2.05, 4.69) is 12.2 Å². The Morgan fingerprint density at radius 3 is 2.55 bits per heavy atom. The fourth-order valence-corrected chi connectivity index (χ4v) is 3.80. The van der Waals surface area contributed by atoms with Crippen molar-refractivity contribution >= 4 is 39.9 Å². The Bertz CT molecular complexity index is 1120. The van der Waals surface area contributed by atoms with Gasteiger partial charge >= 0.3 is 5.97 Å². The first-order valence-electron chi connectivity index (χ1n) is 10.4. The highest BCUT2D eigenvalue weighted by atomic mass is 16.5. The lowest BCUT2D eigenvalue weighted by Gasteiger charge is -2.17. The van der Waals surface area contributed by atoms with Crippen LogP contribution in [-0.2, 0) is 25.5 Å². The molecule has 31 heavy (non-hydrogen) atoms. The van der Waals surface area contributed by atoms with Crippen LogP contribution in [0.25, 0.3) is 10.8 Å². The van der Waals surface area contributed by atoms with Gasteiger partial charge in [-0.05, 0) is 35.6 Å². The van der Waals surface area contributed by atoms with Crippen molar-refractivity contribution in [2.45, 2.75) is 19.8 Å². The van der Waals surface area contributed by atoms with Gasteiger partial charge < -0.3 is 15.0 Å². The van der Waals surface area contributed by atoms with Gasteiger partial charge in [0, 0.05) is 29.7 Å². The van der Waals surface area contributed by atoms with Gasteiger partial charge in [0.1, 0.15) is 0 Å². The van der Waals surface area contributed by atoms with Gasteiger partial charge in [0.15, 0.2) is 6.61 Å². The van der Waals surface area contributed by atoms with Gasteiger partial charge in [-0.15, -0.1) is 0 Å². The van der Waals surface area contributed by atoms with Crippen molar-refractivity contribution < 1.29 is 19.1 Å². The smallest absolute Gasteiger partial charge is 0.311 e. The monoisotopic (exact) mass is 416 g/mol. The summed E-state index contributed by atoms with van der Waals surface area (Å²) in [4.78, 5) is 38.8. The van der Waals surface area contributed by atoms with Gasteiger partial charge in [-0.2, -0.15) is 0 Å². The number of fused-ring (bicyclic) bond motifs is 1. The van der Waals surface area contributed by atoms with Gasteiger partial charge in [-0.3, -0.25) is 14.4 Å². The molecule has 6 nitrogen and oxygen atoms in total. The van der Waals surface area contributed by atoms with Crippen LogP contribution >= 0.6 is 0 Å². The number of rotatable bonds is 6. The van der Waals surface area contributed by atoms with Gasteiger partial charge in [-0.25, -0.2) is 0 Å². The Morgan fingerprint density at radius 1 is 1.03 bits per heavy atom. The molecule has 4 rings (SSSR count). The first kappa shape index (κ1) is 20.6. The fourth-order valence-electron chi connectivity index (χ4n) is 3.80. The van der Waals surface area contributed by atoms with Crippen molar-refractivity contribution in [3.05, 3.63) is 72.3 Å². The van der Waals surface area contributed by atoms with Gasteiger partial charge in [0.25, 0.3) is 5.91 Å². The molecule has 3 aromatic rings. The summed E-state index contributed by atoms with van der Waals surface area (Å²) in [7, 11) is 0. The van der Waals surface area contributed by atoms with Crippen LogP contribution < -0.4 is 10.2 Å². The van der Waals surface area contributed by atoms with E-state index in [0.29, 0.717) is 5.69 Å². The summed E-state index contributed by atoms with van der Waals surface area (Å²) in [5, 5.41) is 4.71. The molecule has 1 N–H and O–H groups in total. The van der Waals surface area contributed by atoms with Crippen LogP contribution in [-0.4, -0.2) is 30.9 Å². The molecule has 0 saturated carbocycles. The number of anilines is 2. The number of nitrogens with zero attached hydrogens (tertiary/aromatic N) is 1. The molecule has 3 aromatic carbocycles. The molecule has 158 valence electrons. The molecule has 1 aliphatic heterocycles. The number of amides is 2. The average molecular weight is 416 g/mol. The summed E-state index contributed by atoms with van der Waals surface area (Å²) < 4.78 is 5.21. The van der Waals surface area contributed by atoms with Crippen molar-refractivity contribution in [2.75, 3.05) is 23.4 Å². The Labute approximate surface area is 180 Å². The maximum absolute atomic E-state index is 12.5. The quantitative estimate of drug-likeness (QED) is 0.618. The first-order chi connectivity index (χ1) is 15.0. The van der Waals surface area contributed by atoms with Crippen LogP contribution in [0, 0.1) is 5.92 Å². The third-order valence-corrected chi connectivity index (χ3v) is 5.52. The highest BCUT2D eigenvalue weighted by molar-refractivity contribution is 6.03. The van der Waals surface area contributed by atoms with Crippen LogP contribution in [0.3, 0.4) is 0 Å². The third kappa shape index (κ3) is 4.58. The molecule has 1 fully saturated rings. The molecule has 1 atom stereocenters. The molecule has 1 aliphatic rings. The maximum atomic E-state index is 12.5. The highest BCUT2D eigenvalue weighted by Gasteiger charge is 2.36. The number of hydrogen-bond acceptors (Lipinski definition) is 4. The minimum Gasteiger partial charge on any atom is -0.455 e. The van der Waals surface area contributed by atoms with Crippen LogP contribution in [0.5, 0.6) is 0 Å². The number of carbonyl (C=O) groups excluding carboxylic acids is 3. The number of esters is 1. The van der Waals surface area contributed by atoms with E-state index >= 15 is 0 Å². The fraction of sp³-hybridized carbons (Fsp3) is 0.240. The molecule has 0 spiro atoms. The van der Waals surface area contributed by atoms with E-state index in [0.717, 1.165) is 22.9 Å². The molecular weight excluding hydrogens is 392 g/mol. The average Bonchev–Trinajstić information content (AvgIpc) is 3.19. The summed E-state index contributed by atoms with van der Waals surface area (Å²) in [6.07, 6.45) is 1.00. The zero-order valence-electron chi connectivity index (χ0n) is 17.3. The second-order valence-corrected chi connectivity index (χ2v) is 7.61. The molecule has 6 heteroatoms. The molecule has 1 saturated heterocycles. The van der Waals surface area contributed by atoms with Crippen LogP contribution in [0.4, 0.5) is 11.4 Å². The lowest BCUT2D eigenvalue weighted by Crippen LogP contribution is -2.28. The number of aryl methyl sites for hydroxylation is 1. The zero-order valence-corrected chi connectivity index (χ0v) is 17.3. The minimum absolute atomic E-state index is 0.0826. The second kappa shape index (κ2) is 9.00. The lowest BCUT2D eigenvalue weighted by atomic mass is 10.1. The number of nitrogens with one attached hydrogen (secondary N) is 1. The minimum atomic E-state index is -0.580. The maximum Gasteiger partial charge on any atom is 0.311 e. The van der Waals surface area contributed by atoms with Gasteiger partial charge in [-0.1, -0.05) is 55.5 Å². The van der Waals surface area contributed by atoms with E-state index in [4.69, 9.17) is 4.74 Å². The van der Waals surface area contributed by atoms with Crippen molar-refractivity contribution in [2.24, 2.45) is 5.92 Å². The zero-order chi connectivity index (χ0) is 21.8. The number of carbonyl (C=O) groups is 3. The van der Waals surface area contributed by atoms with Crippen molar-refractivity contribution in [1.82, 2.24) is 0 Å². The standard InChI is InChI=1S/C25H24N2O4/c1-2-17-10-12-20(13-11-17)27-15-19(14-24(27)29)25(30)31-16-23(28)26-22-9-5-7-18-6-3-4-8-21(18)22/h3-13,19H,2,14-16H2,1H3,(H,26,28)/t19-/m1/s1. The SMILES string of the molecule is CCc1ccc(N2C[C@H](C(=O)OCC(=O)Nc3cccc4ccccc34)CC2=O)cc1. The number of hydrogen-bond donors (Lipinski definition) is 1. The molecule has 1 heterocycles. The van der Waals surface area contributed by atoms with E-state index in [1.165, 1.54) is 5.56 Å². The Balaban J connectivity index is 1.33. The summed E-state index contributed by atoms with van der Waals surface area (Å²) in [5.74, 6) is -1.65. The predicted molar refractivity (Wildman–Crippen MR) is 120 cm³/mol. The highest BCUT2D eigenvalue weighted by Crippen LogP contribution is 2.26. The van der Waals surface area contributed by atoms with E-state index in [1.807, 2.05) is 60.7 Å². The molecule has 0 unspecified atom stereocenters. The number of benzene rings is 3. The molecule has 0 bridgehead atoms. The van der Waals surface area contributed by atoms with Crippen LogP contribution in [0.15, 0.2) is 66.7 Å². The second-order valence-electron chi connectivity index (χ2n) is 7.61. The Kier molecular flexibility index (Phi) is 5.98. The van der Waals surface area contributed by atoms with Crippen LogP contribution in [0.1, 0.15) is 18.9 Å². The third-order valence-electron chi connectivity index (χ3n) is 5.52. The van der Waals surface area contributed by atoms with E-state index in [1.54, 1.807) is 11.0 Å². The normalized spacial score (nSPS) is 15.8. The molecule has 2 amide bonds. The van der Waals surface area contributed by atoms with Crippen molar-refractivity contribution in [3.8, 4) is 0 Å². The largest absolute Gasteiger partial charge is 0.455 e.